The van der Waals surface area contributed by atoms with Crippen molar-refractivity contribution in [1.29, 1.82) is 0 Å². The second-order valence-electron chi connectivity index (χ2n) is 7.65. The lowest BCUT2D eigenvalue weighted by Gasteiger charge is -2.27. The molecule has 8 heteroatoms. The molecule has 0 aliphatic carbocycles. The van der Waals surface area contributed by atoms with Crippen LogP contribution in [0, 0.1) is 0 Å². The van der Waals surface area contributed by atoms with Gasteiger partial charge in [-0.05, 0) is 39.8 Å². The third-order valence-corrected chi connectivity index (χ3v) is 4.54. The predicted octanol–water partition coefficient (Wildman–Crippen LogP) is 2.06. The molecule has 0 unspecified atom stereocenters. The van der Waals surface area contributed by atoms with E-state index in [1.54, 1.807) is 58.0 Å². The molecule has 0 radical (unpaired) electrons. The molecule has 1 aromatic rings. The van der Waals surface area contributed by atoms with Crippen molar-refractivity contribution in [2.75, 3.05) is 13.7 Å². The zero-order valence-corrected chi connectivity index (χ0v) is 16.7. The minimum atomic E-state index is -1.32. The summed E-state index contributed by atoms with van der Waals surface area (Å²) in [6.45, 7) is 7.27. The first-order chi connectivity index (χ1) is 13.1. The molecule has 2 saturated heterocycles. The Morgan fingerprint density at radius 1 is 1.04 bits per heavy atom. The fourth-order valence-electron chi connectivity index (χ4n) is 3.34. The molecule has 2 heterocycles. The Labute approximate surface area is 164 Å². The average Bonchev–Trinajstić information content (AvgIpc) is 3.17. The Bertz CT molecular complexity index is 714. The van der Waals surface area contributed by atoms with Crippen molar-refractivity contribution < 1.29 is 38.0 Å². The van der Waals surface area contributed by atoms with Gasteiger partial charge in [0.05, 0.1) is 19.3 Å². The van der Waals surface area contributed by atoms with E-state index in [9.17, 15) is 9.59 Å². The van der Waals surface area contributed by atoms with Gasteiger partial charge in [-0.25, -0.2) is 9.59 Å². The van der Waals surface area contributed by atoms with E-state index in [0.29, 0.717) is 5.56 Å². The molecule has 0 N–H and O–H groups in total. The van der Waals surface area contributed by atoms with Crippen molar-refractivity contribution in [3.05, 3.63) is 35.9 Å². The van der Waals surface area contributed by atoms with Crippen LogP contribution in [0.4, 0.5) is 0 Å². The lowest BCUT2D eigenvalue weighted by atomic mass is 10.0. The molecule has 0 amide bonds. The third kappa shape index (κ3) is 4.52. The summed E-state index contributed by atoms with van der Waals surface area (Å²) in [5.41, 5.74) is 0.313. The van der Waals surface area contributed by atoms with Crippen LogP contribution in [0.5, 0.6) is 0 Å². The van der Waals surface area contributed by atoms with Crippen LogP contribution in [-0.4, -0.2) is 61.6 Å². The summed E-state index contributed by atoms with van der Waals surface area (Å²) >= 11 is 0. The highest BCUT2D eigenvalue weighted by molar-refractivity contribution is 5.91. The molecule has 154 valence electrons. The second-order valence-corrected chi connectivity index (χ2v) is 7.65. The van der Waals surface area contributed by atoms with E-state index in [0.717, 1.165) is 0 Å². The van der Waals surface area contributed by atoms with Crippen LogP contribution in [0.15, 0.2) is 30.3 Å². The number of esters is 2. The SMILES string of the molecule is COC(=O)[C@H](OC(=O)c1ccccc1)[C@H]1OC(C)(C)O[C@@H]1[C@H]1COC(C)(C)O1. The number of ether oxygens (including phenoxy) is 6. The zero-order chi connectivity index (χ0) is 20.5. The Balaban J connectivity index is 1.84. The molecule has 2 fully saturated rings. The summed E-state index contributed by atoms with van der Waals surface area (Å²) in [4.78, 5) is 25.0. The monoisotopic (exact) mass is 394 g/mol. The fourth-order valence-corrected chi connectivity index (χ4v) is 3.34. The van der Waals surface area contributed by atoms with Gasteiger partial charge in [0.2, 0.25) is 6.10 Å². The quantitative estimate of drug-likeness (QED) is 0.701. The summed E-state index contributed by atoms with van der Waals surface area (Å²) in [6, 6.07) is 8.38. The smallest absolute Gasteiger partial charge is 0.350 e. The predicted molar refractivity (Wildman–Crippen MR) is 96.4 cm³/mol. The van der Waals surface area contributed by atoms with Gasteiger partial charge in [-0.2, -0.15) is 0 Å². The largest absolute Gasteiger partial charge is 0.466 e. The molecule has 3 rings (SSSR count). The van der Waals surface area contributed by atoms with Gasteiger partial charge in [0.15, 0.2) is 11.6 Å². The van der Waals surface area contributed by atoms with E-state index in [-0.39, 0.29) is 6.61 Å². The Kier molecular flexibility index (Phi) is 5.77. The van der Waals surface area contributed by atoms with E-state index in [4.69, 9.17) is 28.4 Å². The summed E-state index contributed by atoms with van der Waals surface area (Å²) < 4.78 is 33.8. The minimum absolute atomic E-state index is 0.258. The lowest BCUT2D eigenvalue weighted by Crippen LogP contribution is -2.49. The highest BCUT2D eigenvalue weighted by Crippen LogP contribution is 2.37. The van der Waals surface area contributed by atoms with E-state index in [1.807, 2.05) is 0 Å². The van der Waals surface area contributed by atoms with Crippen LogP contribution in [-0.2, 0) is 33.2 Å². The number of hydrogen-bond donors (Lipinski definition) is 0. The van der Waals surface area contributed by atoms with Crippen LogP contribution in [0.2, 0.25) is 0 Å². The molecule has 0 bridgehead atoms. The molecule has 0 saturated carbocycles. The molecular weight excluding hydrogens is 368 g/mol. The number of rotatable bonds is 5. The van der Waals surface area contributed by atoms with Crippen molar-refractivity contribution in [3.8, 4) is 0 Å². The van der Waals surface area contributed by atoms with Crippen LogP contribution in [0.3, 0.4) is 0 Å². The number of methoxy groups -OCH3 is 1. The Hall–Kier alpha value is -2.00. The molecule has 1 aromatic carbocycles. The maximum Gasteiger partial charge on any atom is 0.350 e. The van der Waals surface area contributed by atoms with Crippen molar-refractivity contribution in [3.63, 3.8) is 0 Å². The van der Waals surface area contributed by atoms with Crippen LogP contribution in [0.25, 0.3) is 0 Å². The zero-order valence-electron chi connectivity index (χ0n) is 16.7. The Morgan fingerprint density at radius 2 is 1.71 bits per heavy atom. The highest BCUT2D eigenvalue weighted by atomic mass is 16.8. The van der Waals surface area contributed by atoms with E-state index >= 15 is 0 Å². The van der Waals surface area contributed by atoms with E-state index in [2.05, 4.69) is 0 Å². The maximum atomic E-state index is 12.5. The molecule has 0 aromatic heterocycles. The van der Waals surface area contributed by atoms with Gasteiger partial charge >= 0.3 is 11.9 Å². The van der Waals surface area contributed by atoms with E-state index in [1.165, 1.54) is 7.11 Å². The van der Waals surface area contributed by atoms with Gasteiger partial charge in [0.1, 0.15) is 18.3 Å². The van der Waals surface area contributed by atoms with Crippen molar-refractivity contribution in [2.45, 2.75) is 63.7 Å². The van der Waals surface area contributed by atoms with Gasteiger partial charge in [-0.15, -0.1) is 0 Å². The number of carbonyl (C=O) groups is 2. The summed E-state index contributed by atoms with van der Waals surface area (Å²) in [6.07, 6.45) is -3.43. The summed E-state index contributed by atoms with van der Waals surface area (Å²) in [5, 5.41) is 0. The van der Waals surface area contributed by atoms with E-state index < -0.39 is 47.9 Å². The van der Waals surface area contributed by atoms with Crippen LogP contribution >= 0.6 is 0 Å². The molecule has 8 nitrogen and oxygen atoms in total. The molecular formula is C20H26O8. The minimum Gasteiger partial charge on any atom is -0.466 e. The molecule has 28 heavy (non-hydrogen) atoms. The standard InChI is InChI=1S/C20H26O8/c1-19(2)24-11-13(26-19)14-15(28-20(3,4)27-14)16(18(22)23-5)25-17(21)12-9-7-6-8-10-12/h6-10,13-16H,11H2,1-5H3/t13-,14-,15+,16-/m1/s1. The maximum absolute atomic E-state index is 12.5. The van der Waals surface area contributed by atoms with Crippen molar-refractivity contribution in [2.24, 2.45) is 0 Å². The van der Waals surface area contributed by atoms with Gasteiger partial charge in [-0.3, -0.25) is 0 Å². The summed E-state index contributed by atoms with van der Waals surface area (Å²) in [7, 11) is 1.22. The van der Waals surface area contributed by atoms with Gasteiger partial charge in [0.25, 0.3) is 0 Å². The first kappa shape index (κ1) is 20.7. The summed E-state index contributed by atoms with van der Waals surface area (Å²) in [5.74, 6) is -3.19. The third-order valence-electron chi connectivity index (χ3n) is 4.54. The molecule has 4 atom stereocenters. The van der Waals surface area contributed by atoms with Gasteiger partial charge in [-0.1, -0.05) is 18.2 Å². The lowest BCUT2D eigenvalue weighted by molar-refractivity contribution is -0.177. The number of hydrogen-bond acceptors (Lipinski definition) is 8. The number of benzene rings is 1. The topological polar surface area (TPSA) is 89.5 Å². The molecule has 2 aliphatic heterocycles. The van der Waals surface area contributed by atoms with Crippen molar-refractivity contribution >= 4 is 11.9 Å². The van der Waals surface area contributed by atoms with Crippen LogP contribution in [0.1, 0.15) is 38.1 Å². The van der Waals surface area contributed by atoms with Gasteiger partial charge < -0.3 is 28.4 Å². The average molecular weight is 394 g/mol. The molecule has 0 spiro atoms. The van der Waals surface area contributed by atoms with Gasteiger partial charge in [0, 0.05) is 0 Å². The normalized spacial score (nSPS) is 29.2. The first-order valence-electron chi connectivity index (χ1n) is 9.13. The van der Waals surface area contributed by atoms with Crippen LogP contribution < -0.4 is 0 Å². The Morgan fingerprint density at radius 3 is 2.29 bits per heavy atom. The number of carbonyl (C=O) groups excluding carboxylic acids is 2. The first-order valence-corrected chi connectivity index (χ1v) is 9.13. The van der Waals surface area contributed by atoms with Crippen molar-refractivity contribution in [1.82, 2.24) is 0 Å². The fraction of sp³-hybridized carbons (Fsp3) is 0.600. The molecule has 2 aliphatic rings. The second kappa shape index (κ2) is 7.79. The highest BCUT2D eigenvalue weighted by Gasteiger charge is 2.55.